The van der Waals surface area contributed by atoms with Crippen molar-refractivity contribution < 1.29 is 4.79 Å². The van der Waals surface area contributed by atoms with E-state index < -0.39 is 0 Å². The number of guanidine groups is 1. The van der Waals surface area contributed by atoms with Crippen LogP contribution in [0.3, 0.4) is 0 Å². The van der Waals surface area contributed by atoms with Gasteiger partial charge in [0.1, 0.15) is 0 Å². The van der Waals surface area contributed by atoms with Gasteiger partial charge in [-0.15, -0.1) is 11.8 Å². The molecular weight excluding hydrogens is 356 g/mol. The Morgan fingerprint density at radius 3 is 2.70 bits per heavy atom. The molecule has 1 aromatic carbocycles. The van der Waals surface area contributed by atoms with E-state index >= 15 is 0 Å². The van der Waals surface area contributed by atoms with Gasteiger partial charge in [-0.05, 0) is 31.4 Å². The molecule has 3 rings (SSSR count). The smallest absolute Gasteiger partial charge is 0.222 e. The van der Waals surface area contributed by atoms with Gasteiger partial charge in [-0.3, -0.25) is 9.79 Å². The van der Waals surface area contributed by atoms with Gasteiger partial charge in [0.25, 0.3) is 0 Å². The van der Waals surface area contributed by atoms with Gasteiger partial charge in [-0.25, -0.2) is 0 Å². The van der Waals surface area contributed by atoms with Crippen LogP contribution < -0.4 is 10.6 Å². The predicted molar refractivity (Wildman–Crippen MR) is 113 cm³/mol. The van der Waals surface area contributed by atoms with Gasteiger partial charge in [-0.1, -0.05) is 38.0 Å². The van der Waals surface area contributed by atoms with Crippen molar-refractivity contribution in [3.05, 3.63) is 30.3 Å². The number of benzene rings is 1. The Balaban J connectivity index is 1.54. The Labute approximate surface area is 167 Å². The number of hydrogen-bond donors (Lipinski definition) is 2. The van der Waals surface area contributed by atoms with Crippen LogP contribution in [0.2, 0.25) is 0 Å². The molecule has 1 heterocycles. The molecule has 0 spiro atoms. The molecule has 1 unspecified atom stereocenters. The van der Waals surface area contributed by atoms with Crippen molar-refractivity contribution >= 4 is 23.6 Å². The topological polar surface area (TPSA) is 56.7 Å². The lowest BCUT2D eigenvalue weighted by atomic mass is 10.1. The molecule has 5 nitrogen and oxygen atoms in total. The first kappa shape index (κ1) is 20.1. The largest absolute Gasteiger partial charge is 0.355 e. The molecule has 1 aliphatic heterocycles. The van der Waals surface area contributed by atoms with Crippen molar-refractivity contribution in [3.8, 4) is 0 Å². The van der Waals surface area contributed by atoms with E-state index in [-0.39, 0.29) is 16.7 Å². The summed E-state index contributed by atoms with van der Waals surface area (Å²) in [5.41, 5.74) is 0. The maximum absolute atomic E-state index is 11.9. The maximum Gasteiger partial charge on any atom is 0.222 e. The van der Waals surface area contributed by atoms with Gasteiger partial charge in [0.2, 0.25) is 5.91 Å². The minimum absolute atomic E-state index is 0.235. The summed E-state index contributed by atoms with van der Waals surface area (Å²) in [6.07, 6.45) is 6.63. The number of nitrogens with zero attached hydrogens (tertiary/aromatic N) is 2. The fraction of sp³-hybridized carbons (Fsp3) is 0.619. The van der Waals surface area contributed by atoms with Crippen molar-refractivity contribution in [2.75, 3.05) is 26.7 Å². The Kier molecular flexibility index (Phi) is 7.05. The van der Waals surface area contributed by atoms with Crippen LogP contribution >= 0.6 is 11.8 Å². The molecule has 27 heavy (non-hydrogen) atoms. The fourth-order valence-corrected chi connectivity index (χ4v) is 5.46. The monoisotopic (exact) mass is 388 g/mol. The second-order valence-corrected chi connectivity index (χ2v) is 9.10. The summed E-state index contributed by atoms with van der Waals surface area (Å²) in [4.78, 5) is 19.6. The predicted octanol–water partition coefficient (Wildman–Crippen LogP) is 3.27. The number of likely N-dealkylation sites (tertiary alicyclic amines) is 1. The molecule has 1 saturated carbocycles. The van der Waals surface area contributed by atoms with Gasteiger partial charge in [0.05, 0.1) is 0 Å². The van der Waals surface area contributed by atoms with Crippen molar-refractivity contribution in [2.24, 2.45) is 4.99 Å². The van der Waals surface area contributed by atoms with E-state index in [0.29, 0.717) is 6.42 Å². The Morgan fingerprint density at radius 1 is 1.30 bits per heavy atom. The third kappa shape index (κ3) is 5.41. The van der Waals surface area contributed by atoms with Crippen molar-refractivity contribution in [2.45, 2.75) is 61.1 Å². The van der Waals surface area contributed by atoms with Crippen molar-refractivity contribution in [1.29, 1.82) is 0 Å². The zero-order valence-corrected chi connectivity index (χ0v) is 17.4. The van der Waals surface area contributed by atoms with E-state index in [1.54, 1.807) is 0 Å². The van der Waals surface area contributed by atoms with Gasteiger partial charge in [0.15, 0.2) is 5.96 Å². The van der Waals surface area contributed by atoms with Crippen LogP contribution in [0.4, 0.5) is 0 Å². The number of amides is 1. The zero-order valence-electron chi connectivity index (χ0n) is 16.5. The molecule has 1 aliphatic carbocycles. The van der Waals surface area contributed by atoms with E-state index in [9.17, 15) is 4.79 Å². The molecule has 2 aliphatic rings. The molecule has 1 amide bonds. The van der Waals surface area contributed by atoms with E-state index in [2.05, 4.69) is 46.0 Å². The highest BCUT2D eigenvalue weighted by molar-refractivity contribution is 8.00. The molecule has 0 bridgehead atoms. The summed E-state index contributed by atoms with van der Waals surface area (Å²) >= 11 is 2.00. The second-order valence-electron chi connectivity index (χ2n) is 7.55. The number of nitrogens with one attached hydrogen (secondary N) is 2. The Bertz CT molecular complexity index is 643. The summed E-state index contributed by atoms with van der Waals surface area (Å²) in [5.74, 6) is 1.09. The molecule has 1 saturated heterocycles. The van der Waals surface area contributed by atoms with E-state index in [1.165, 1.54) is 30.6 Å². The molecule has 0 aromatic heterocycles. The van der Waals surface area contributed by atoms with Crippen LogP contribution in [-0.2, 0) is 4.79 Å². The van der Waals surface area contributed by atoms with E-state index in [1.807, 2.05) is 30.6 Å². The lowest BCUT2D eigenvalue weighted by Gasteiger charge is -2.30. The van der Waals surface area contributed by atoms with Gasteiger partial charge >= 0.3 is 0 Å². The number of carbonyl (C=O) groups excluding carboxylic acids is 1. The van der Waals surface area contributed by atoms with Crippen LogP contribution in [0.1, 0.15) is 45.4 Å². The molecule has 0 radical (unpaired) electrons. The molecule has 148 valence electrons. The molecule has 1 atom stereocenters. The third-order valence-electron chi connectivity index (χ3n) is 5.58. The zero-order chi connectivity index (χ0) is 19.1. The molecular formula is C21H32N4OS. The highest BCUT2D eigenvalue weighted by Crippen LogP contribution is 2.44. The summed E-state index contributed by atoms with van der Waals surface area (Å²) in [6, 6.07) is 11.0. The van der Waals surface area contributed by atoms with Crippen LogP contribution in [-0.4, -0.2) is 54.2 Å². The third-order valence-corrected chi connectivity index (χ3v) is 7.07. The van der Waals surface area contributed by atoms with Crippen LogP contribution in [0, 0.1) is 0 Å². The summed E-state index contributed by atoms with van der Waals surface area (Å²) in [7, 11) is 1.82. The van der Waals surface area contributed by atoms with Crippen LogP contribution in [0.5, 0.6) is 0 Å². The highest BCUT2D eigenvalue weighted by Gasteiger charge is 2.35. The molecule has 6 heteroatoms. The first-order chi connectivity index (χ1) is 13.1. The van der Waals surface area contributed by atoms with Crippen LogP contribution in [0.15, 0.2) is 40.2 Å². The summed E-state index contributed by atoms with van der Waals surface area (Å²) in [5, 5.41) is 7.09. The minimum atomic E-state index is 0.235. The highest BCUT2D eigenvalue weighted by atomic mass is 32.2. The van der Waals surface area contributed by atoms with Gasteiger partial charge in [0, 0.05) is 48.8 Å². The van der Waals surface area contributed by atoms with Crippen LogP contribution in [0.25, 0.3) is 0 Å². The SMILES string of the molecule is CCC(=O)N1CCC(NC(=NC)NCC2(Sc3ccccc3)CCCC2)C1. The number of hydrogen-bond acceptors (Lipinski definition) is 3. The lowest BCUT2D eigenvalue weighted by Crippen LogP contribution is -2.48. The molecule has 2 N–H and O–H groups in total. The lowest BCUT2D eigenvalue weighted by molar-refractivity contribution is -0.129. The quantitative estimate of drug-likeness (QED) is 0.580. The molecule has 1 aromatic rings. The normalized spacial score (nSPS) is 22.1. The number of carbonyl (C=O) groups is 1. The van der Waals surface area contributed by atoms with Gasteiger partial charge in [-0.2, -0.15) is 0 Å². The van der Waals surface area contributed by atoms with Gasteiger partial charge < -0.3 is 15.5 Å². The Hall–Kier alpha value is -1.69. The number of thioether (sulfide) groups is 1. The minimum Gasteiger partial charge on any atom is -0.355 e. The van der Waals surface area contributed by atoms with E-state index in [4.69, 9.17) is 0 Å². The first-order valence-corrected chi connectivity index (χ1v) is 10.9. The standard InChI is InChI=1S/C21H32N4OS/c1-3-19(26)25-14-11-17(15-25)24-20(22-2)23-16-21(12-7-8-13-21)27-18-9-5-4-6-10-18/h4-6,9-10,17H,3,7-8,11-16H2,1-2H3,(H2,22,23,24). The Morgan fingerprint density at radius 2 is 2.04 bits per heavy atom. The molecule has 2 fully saturated rings. The summed E-state index contributed by atoms with van der Waals surface area (Å²) in [6.45, 7) is 4.46. The van der Waals surface area contributed by atoms with E-state index in [0.717, 1.165) is 32.0 Å². The fourth-order valence-electron chi connectivity index (χ4n) is 4.03. The van der Waals surface area contributed by atoms with Crippen molar-refractivity contribution in [1.82, 2.24) is 15.5 Å². The second kappa shape index (κ2) is 9.49. The first-order valence-electron chi connectivity index (χ1n) is 10.1. The van der Waals surface area contributed by atoms with Crippen molar-refractivity contribution in [3.63, 3.8) is 0 Å². The average Bonchev–Trinajstić information content (AvgIpc) is 3.35. The summed E-state index contributed by atoms with van der Waals surface area (Å²) < 4.78 is 0.235. The average molecular weight is 389 g/mol. The number of rotatable bonds is 6. The number of aliphatic imine (C=N–C) groups is 1. The maximum atomic E-state index is 11.9.